The van der Waals surface area contributed by atoms with Gasteiger partial charge in [-0.1, -0.05) is 6.42 Å². The van der Waals surface area contributed by atoms with Crippen LogP contribution in [0.25, 0.3) is 0 Å². The molecule has 2 aliphatic heterocycles. The molecule has 0 spiro atoms. The van der Waals surface area contributed by atoms with Crippen LogP contribution >= 0.6 is 22.6 Å². The molecule has 0 aliphatic carbocycles. The maximum atomic E-state index is 11.2. The molecule has 0 amide bonds. The third kappa shape index (κ3) is 3.15. The van der Waals surface area contributed by atoms with Gasteiger partial charge < -0.3 is 10.2 Å². The fraction of sp³-hybridized carbons (Fsp3) is 0.600. The molecule has 0 saturated carbocycles. The number of rotatable bonds is 3. The van der Waals surface area contributed by atoms with E-state index in [9.17, 15) is 10.1 Å². The number of nitrogens with one attached hydrogen (secondary N) is 1. The minimum Gasteiger partial charge on any atom is -0.377 e. The van der Waals surface area contributed by atoms with Crippen LogP contribution in [-0.2, 0) is 0 Å². The van der Waals surface area contributed by atoms with Gasteiger partial charge in [0.1, 0.15) is 5.69 Å². The predicted octanol–water partition coefficient (Wildman–Crippen LogP) is 3.63. The van der Waals surface area contributed by atoms with Crippen molar-refractivity contribution in [2.75, 3.05) is 12.4 Å². The number of hydrogen-bond donors (Lipinski definition) is 1. The van der Waals surface area contributed by atoms with Gasteiger partial charge in [-0.2, -0.15) is 0 Å². The van der Waals surface area contributed by atoms with Crippen molar-refractivity contribution in [2.24, 2.45) is 0 Å². The number of nitrogens with zero attached hydrogens (tertiary/aromatic N) is 2. The third-order valence-corrected chi connectivity index (χ3v) is 5.53. The summed E-state index contributed by atoms with van der Waals surface area (Å²) < 4.78 is 0.894. The number of halogens is 1. The minimum absolute atomic E-state index is 0.186. The van der Waals surface area contributed by atoms with Crippen LogP contribution in [0, 0.1) is 13.7 Å². The molecular formula is C15H20IN3O2. The zero-order valence-corrected chi connectivity index (χ0v) is 14.2. The van der Waals surface area contributed by atoms with Gasteiger partial charge in [0.05, 0.1) is 4.92 Å². The Balaban J connectivity index is 1.77. The molecule has 3 rings (SSSR count). The van der Waals surface area contributed by atoms with Gasteiger partial charge in [-0.15, -0.1) is 0 Å². The first kappa shape index (κ1) is 15.0. The van der Waals surface area contributed by atoms with Gasteiger partial charge in [0, 0.05) is 27.8 Å². The van der Waals surface area contributed by atoms with Gasteiger partial charge in [0.25, 0.3) is 5.69 Å². The Bertz CT molecular complexity index is 538. The number of nitro benzene ring substituents is 1. The third-order valence-electron chi connectivity index (χ3n) is 4.86. The van der Waals surface area contributed by atoms with E-state index in [1.165, 1.54) is 19.3 Å². The van der Waals surface area contributed by atoms with E-state index in [0.29, 0.717) is 23.8 Å². The van der Waals surface area contributed by atoms with Crippen molar-refractivity contribution >= 4 is 34.0 Å². The average Bonchev–Trinajstić information content (AvgIpc) is 2.41. The molecule has 21 heavy (non-hydrogen) atoms. The van der Waals surface area contributed by atoms with E-state index in [2.05, 4.69) is 39.9 Å². The van der Waals surface area contributed by atoms with Crippen LogP contribution in [0.4, 0.5) is 11.4 Å². The van der Waals surface area contributed by atoms with Crippen LogP contribution in [-0.4, -0.2) is 35.0 Å². The molecule has 6 heteroatoms. The summed E-state index contributed by atoms with van der Waals surface area (Å²) in [7, 11) is 2.22. The standard InChI is InChI=1S/C15H20IN3O2/c1-18-12-3-2-4-13(18)9-11(8-12)17-14-6-5-10(16)7-15(14)19(20)21/h5-7,11-13,17H,2-4,8-9H2,1H3. The number of fused-ring (bicyclic) bond motifs is 2. The lowest BCUT2D eigenvalue weighted by Gasteiger charge is -2.47. The van der Waals surface area contributed by atoms with Gasteiger partial charge in [-0.05, 0) is 67.5 Å². The van der Waals surface area contributed by atoms with E-state index in [1.807, 2.05) is 12.1 Å². The van der Waals surface area contributed by atoms with Crippen molar-refractivity contribution in [3.05, 3.63) is 31.9 Å². The number of nitro groups is 1. The molecule has 1 aromatic rings. The van der Waals surface area contributed by atoms with Crippen LogP contribution in [0.1, 0.15) is 32.1 Å². The Labute approximate surface area is 138 Å². The van der Waals surface area contributed by atoms with Gasteiger partial charge in [0.15, 0.2) is 0 Å². The highest BCUT2D eigenvalue weighted by molar-refractivity contribution is 14.1. The Hall–Kier alpha value is -0.890. The summed E-state index contributed by atoms with van der Waals surface area (Å²) in [6.45, 7) is 0. The average molecular weight is 401 g/mol. The first-order valence-electron chi connectivity index (χ1n) is 7.47. The molecule has 2 saturated heterocycles. The quantitative estimate of drug-likeness (QED) is 0.478. The van der Waals surface area contributed by atoms with Crippen LogP contribution in [0.2, 0.25) is 0 Å². The van der Waals surface area contributed by atoms with Gasteiger partial charge >= 0.3 is 0 Å². The molecule has 2 atom stereocenters. The van der Waals surface area contributed by atoms with E-state index < -0.39 is 0 Å². The highest BCUT2D eigenvalue weighted by atomic mass is 127. The van der Waals surface area contributed by atoms with Crippen molar-refractivity contribution in [3.63, 3.8) is 0 Å². The number of benzene rings is 1. The molecule has 1 N–H and O–H groups in total. The van der Waals surface area contributed by atoms with Crippen LogP contribution in [0.15, 0.2) is 18.2 Å². The monoisotopic (exact) mass is 401 g/mol. The topological polar surface area (TPSA) is 58.4 Å². The molecule has 1 aromatic carbocycles. The van der Waals surface area contributed by atoms with Crippen LogP contribution in [0.3, 0.4) is 0 Å². The van der Waals surface area contributed by atoms with Gasteiger partial charge in [-0.25, -0.2) is 0 Å². The normalized spacial score (nSPS) is 29.1. The molecule has 2 heterocycles. The SMILES string of the molecule is CN1C2CCCC1CC(Nc1ccc(I)cc1[N+](=O)[O-])C2. The van der Waals surface area contributed by atoms with Gasteiger partial charge in [-0.3, -0.25) is 10.1 Å². The molecule has 2 unspecified atom stereocenters. The van der Waals surface area contributed by atoms with E-state index in [1.54, 1.807) is 6.07 Å². The molecular weight excluding hydrogens is 381 g/mol. The van der Waals surface area contributed by atoms with Crippen molar-refractivity contribution in [3.8, 4) is 0 Å². The highest BCUT2D eigenvalue weighted by Crippen LogP contribution is 2.35. The largest absolute Gasteiger partial charge is 0.377 e. The fourth-order valence-electron chi connectivity index (χ4n) is 3.73. The van der Waals surface area contributed by atoms with Crippen LogP contribution < -0.4 is 5.32 Å². The molecule has 0 radical (unpaired) electrons. The predicted molar refractivity (Wildman–Crippen MR) is 91.6 cm³/mol. The van der Waals surface area contributed by atoms with E-state index in [0.717, 1.165) is 16.4 Å². The summed E-state index contributed by atoms with van der Waals surface area (Å²) in [6.07, 6.45) is 5.97. The number of piperidine rings is 2. The highest BCUT2D eigenvalue weighted by Gasteiger charge is 2.36. The maximum absolute atomic E-state index is 11.2. The Morgan fingerprint density at radius 2 is 2.00 bits per heavy atom. The summed E-state index contributed by atoms with van der Waals surface area (Å²) in [6, 6.07) is 6.99. The number of anilines is 1. The molecule has 2 aliphatic rings. The smallest absolute Gasteiger partial charge is 0.293 e. The maximum Gasteiger partial charge on any atom is 0.293 e. The van der Waals surface area contributed by atoms with Crippen molar-refractivity contribution in [1.82, 2.24) is 4.90 Å². The van der Waals surface area contributed by atoms with E-state index in [-0.39, 0.29) is 10.6 Å². The lowest BCUT2D eigenvalue weighted by atomic mass is 9.82. The van der Waals surface area contributed by atoms with Crippen LogP contribution in [0.5, 0.6) is 0 Å². The molecule has 2 bridgehead atoms. The zero-order valence-electron chi connectivity index (χ0n) is 12.1. The second kappa shape index (κ2) is 6.08. The van der Waals surface area contributed by atoms with E-state index >= 15 is 0 Å². The number of hydrogen-bond acceptors (Lipinski definition) is 4. The summed E-state index contributed by atoms with van der Waals surface area (Å²) in [5.41, 5.74) is 0.846. The van der Waals surface area contributed by atoms with Gasteiger partial charge in [0.2, 0.25) is 0 Å². The zero-order chi connectivity index (χ0) is 15.0. The molecule has 5 nitrogen and oxygen atoms in total. The Morgan fingerprint density at radius 1 is 1.33 bits per heavy atom. The first-order chi connectivity index (χ1) is 10.0. The first-order valence-corrected chi connectivity index (χ1v) is 8.55. The van der Waals surface area contributed by atoms with E-state index in [4.69, 9.17) is 0 Å². The molecule has 0 aromatic heterocycles. The van der Waals surface area contributed by atoms with Crippen molar-refractivity contribution in [1.29, 1.82) is 0 Å². The van der Waals surface area contributed by atoms with Crippen molar-refractivity contribution < 1.29 is 4.92 Å². The summed E-state index contributed by atoms with van der Waals surface area (Å²) in [4.78, 5) is 13.4. The fourth-order valence-corrected chi connectivity index (χ4v) is 4.21. The summed E-state index contributed by atoms with van der Waals surface area (Å²) in [5.74, 6) is 0. The Kier molecular flexibility index (Phi) is 4.35. The summed E-state index contributed by atoms with van der Waals surface area (Å²) >= 11 is 2.11. The molecule has 2 fully saturated rings. The van der Waals surface area contributed by atoms with Crippen molar-refractivity contribution in [2.45, 2.75) is 50.2 Å². The lowest BCUT2D eigenvalue weighted by Crippen LogP contribution is -2.52. The Morgan fingerprint density at radius 3 is 2.62 bits per heavy atom. The molecule has 114 valence electrons. The summed E-state index contributed by atoms with van der Waals surface area (Å²) in [5, 5.41) is 14.7. The minimum atomic E-state index is -0.291. The second-order valence-corrected chi connectivity index (χ2v) is 7.38. The second-order valence-electron chi connectivity index (χ2n) is 6.14. The lowest BCUT2D eigenvalue weighted by molar-refractivity contribution is -0.384.